The highest BCUT2D eigenvalue weighted by Crippen LogP contribution is 2.32. The van der Waals surface area contributed by atoms with Crippen LogP contribution in [-0.2, 0) is 9.53 Å². The number of esters is 1. The van der Waals surface area contributed by atoms with E-state index >= 15 is 0 Å². The summed E-state index contributed by atoms with van der Waals surface area (Å²) in [5.41, 5.74) is 0.493. The normalized spacial score (nSPS) is 13.9. The first-order chi connectivity index (χ1) is 9.01. The highest BCUT2D eigenvalue weighted by molar-refractivity contribution is 9.10. The SMILES string of the molecule is CCCCC(C(=O)OC)C(O)c1ccc(F)cc1Br. The number of methoxy groups -OCH3 is 1. The summed E-state index contributed by atoms with van der Waals surface area (Å²) in [6.07, 6.45) is 1.27. The summed E-state index contributed by atoms with van der Waals surface area (Å²) in [7, 11) is 1.30. The topological polar surface area (TPSA) is 46.5 Å². The molecule has 0 saturated carbocycles. The first-order valence-electron chi connectivity index (χ1n) is 6.22. The molecule has 106 valence electrons. The van der Waals surface area contributed by atoms with Crippen LogP contribution < -0.4 is 0 Å². The van der Waals surface area contributed by atoms with Crippen molar-refractivity contribution in [1.82, 2.24) is 0 Å². The van der Waals surface area contributed by atoms with Crippen molar-refractivity contribution in [2.24, 2.45) is 5.92 Å². The molecule has 1 aromatic rings. The number of aliphatic hydroxyl groups is 1. The second kappa shape index (κ2) is 7.60. The van der Waals surface area contributed by atoms with Crippen LogP contribution in [0.4, 0.5) is 4.39 Å². The van der Waals surface area contributed by atoms with E-state index in [2.05, 4.69) is 15.9 Å². The lowest BCUT2D eigenvalue weighted by Gasteiger charge is -2.21. The Kier molecular flexibility index (Phi) is 6.45. The molecule has 2 unspecified atom stereocenters. The Balaban J connectivity index is 2.97. The van der Waals surface area contributed by atoms with Gasteiger partial charge in [0, 0.05) is 4.47 Å². The molecule has 1 aromatic carbocycles. The molecular weight excluding hydrogens is 315 g/mol. The second-order valence-corrected chi connectivity index (χ2v) is 5.24. The predicted octanol–water partition coefficient (Wildman–Crippen LogP) is 3.60. The molecule has 0 amide bonds. The van der Waals surface area contributed by atoms with E-state index in [1.165, 1.54) is 25.3 Å². The fourth-order valence-electron chi connectivity index (χ4n) is 1.94. The van der Waals surface area contributed by atoms with E-state index < -0.39 is 23.8 Å². The van der Waals surface area contributed by atoms with Crippen LogP contribution >= 0.6 is 15.9 Å². The number of rotatable bonds is 6. The van der Waals surface area contributed by atoms with E-state index in [1.54, 1.807) is 0 Å². The number of carbonyl (C=O) groups is 1. The molecule has 5 heteroatoms. The summed E-state index contributed by atoms with van der Waals surface area (Å²) in [5, 5.41) is 10.3. The van der Waals surface area contributed by atoms with Gasteiger partial charge in [-0.25, -0.2) is 4.39 Å². The number of benzene rings is 1. The quantitative estimate of drug-likeness (QED) is 0.809. The van der Waals surface area contributed by atoms with Crippen molar-refractivity contribution in [2.75, 3.05) is 7.11 Å². The Morgan fingerprint density at radius 1 is 1.53 bits per heavy atom. The highest BCUT2D eigenvalue weighted by atomic mass is 79.9. The van der Waals surface area contributed by atoms with Crippen LogP contribution in [0.1, 0.15) is 37.9 Å². The van der Waals surface area contributed by atoms with Gasteiger partial charge in [-0.15, -0.1) is 0 Å². The third-order valence-electron chi connectivity index (χ3n) is 3.03. The fourth-order valence-corrected chi connectivity index (χ4v) is 2.52. The molecule has 0 heterocycles. The van der Waals surface area contributed by atoms with Gasteiger partial charge in [-0.2, -0.15) is 0 Å². The molecule has 1 N–H and O–H groups in total. The molecule has 0 radical (unpaired) electrons. The zero-order valence-corrected chi connectivity index (χ0v) is 12.6. The fraction of sp³-hybridized carbons (Fsp3) is 0.500. The average molecular weight is 333 g/mol. The van der Waals surface area contributed by atoms with Crippen molar-refractivity contribution >= 4 is 21.9 Å². The molecule has 19 heavy (non-hydrogen) atoms. The second-order valence-electron chi connectivity index (χ2n) is 4.38. The molecule has 0 aliphatic heterocycles. The number of halogens is 2. The van der Waals surface area contributed by atoms with Gasteiger partial charge >= 0.3 is 5.97 Å². The molecule has 3 nitrogen and oxygen atoms in total. The van der Waals surface area contributed by atoms with Crippen molar-refractivity contribution in [2.45, 2.75) is 32.3 Å². The largest absolute Gasteiger partial charge is 0.469 e. The zero-order chi connectivity index (χ0) is 14.4. The van der Waals surface area contributed by atoms with E-state index in [-0.39, 0.29) is 0 Å². The molecule has 2 atom stereocenters. The molecule has 0 bridgehead atoms. The summed E-state index contributed by atoms with van der Waals surface area (Å²) in [4.78, 5) is 11.7. The summed E-state index contributed by atoms with van der Waals surface area (Å²) in [6, 6.07) is 4.01. The van der Waals surface area contributed by atoms with Gasteiger partial charge in [0.05, 0.1) is 19.1 Å². The third-order valence-corrected chi connectivity index (χ3v) is 3.72. The van der Waals surface area contributed by atoms with Crippen LogP contribution in [0.25, 0.3) is 0 Å². The summed E-state index contributed by atoms with van der Waals surface area (Å²) < 4.78 is 18.2. The van der Waals surface area contributed by atoms with Gasteiger partial charge in [0.2, 0.25) is 0 Å². The van der Waals surface area contributed by atoms with Crippen molar-refractivity contribution in [3.63, 3.8) is 0 Å². The molecule has 0 aliphatic carbocycles. The van der Waals surface area contributed by atoms with Crippen LogP contribution in [0.3, 0.4) is 0 Å². The van der Waals surface area contributed by atoms with Gasteiger partial charge in [0.25, 0.3) is 0 Å². The first-order valence-corrected chi connectivity index (χ1v) is 7.01. The monoisotopic (exact) mass is 332 g/mol. The molecule has 0 aromatic heterocycles. The smallest absolute Gasteiger partial charge is 0.311 e. The summed E-state index contributed by atoms with van der Waals surface area (Å²) in [6.45, 7) is 2.01. The lowest BCUT2D eigenvalue weighted by atomic mass is 9.91. The molecule has 1 rings (SSSR count). The number of unbranched alkanes of at least 4 members (excludes halogenated alkanes) is 1. The lowest BCUT2D eigenvalue weighted by Crippen LogP contribution is -2.24. The van der Waals surface area contributed by atoms with Crippen LogP contribution in [0.15, 0.2) is 22.7 Å². The minimum absolute atomic E-state index is 0.397. The minimum atomic E-state index is -1.01. The lowest BCUT2D eigenvalue weighted by molar-refractivity contribution is -0.150. The van der Waals surface area contributed by atoms with Gasteiger partial charge in [0.1, 0.15) is 5.82 Å². The summed E-state index contributed by atoms with van der Waals surface area (Å²) >= 11 is 3.20. The van der Waals surface area contributed by atoms with Crippen LogP contribution in [0, 0.1) is 11.7 Å². The van der Waals surface area contributed by atoms with Gasteiger partial charge in [-0.1, -0.05) is 41.8 Å². The highest BCUT2D eigenvalue weighted by Gasteiger charge is 2.29. The molecule has 0 spiro atoms. The van der Waals surface area contributed by atoms with Gasteiger partial charge < -0.3 is 9.84 Å². The van der Waals surface area contributed by atoms with Crippen LogP contribution in [-0.4, -0.2) is 18.2 Å². The van der Waals surface area contributed by atoms with Crippen LogP contribution in [0.2, 0.25) is 0 Å². The first kappa shape index (κ1) is 16.1. The van der Waals surface area contributed by atoms with E-state index in [1.807, 2.05) is 6.92 Å². The molecular formula is C14H18BrFO3. The minimum Gasteiger partial charge on any atom is -0.469 e. The van der Waals surface area contributed by atoms with Crippen LogP contribution in [0.5, 0.6) is 0 Å². The van der Waals surface area contributed by atoms with Gasteiger partial charge in [-0.05, 0) is 24.1 Å². The zero-order valence-electron chi connectivity index (χ0n) is 11.0. The maximum Gasteiger partial charge on any atom is 0.311 e. The van der Waals surface area contributed by atoms with Crippen molar-refractivity contribution < 1.29 is 19.0 Å². The maximum atomic E-state index is 13.0. The Morgan fingerprint density at radius 2 is 2.21 bits per heavy atom. The van der Waals surface area contributed by atoms with Gasteiger partial charge in [-0.3, -0.25) is 4.79 Å². The van der Waals surface area contributed by atoms with E-state index in [9.17, 15) is 14.3 Å². The Bertz CT molecular complexity index is 437. The predicted molar refractivity (Wildman–Crippen MR) is 74.1 cm³/mol. The number of carbonyl (C=O) groups excluding carboxylic acids is 1. The molecule has 0 saturated heterocycles. The van der Waals surface area contributed by atoms with Crippen molar-refractivity contribution in [1.29, 1.82) is 0 Å². The van der Waals surface area contributed by atoms with E-state index in [0.29, 0.717) is 16.5 Å². The van der Waals surface area contributed by atoms with Gasteiger partial charge in [0.15, 0.2) is 0 Å². The maximum absolute atomic E-state index is 13.0. The molecule has 0 fully saturated rings. The number of ether oxygens (including phenoxy) is 1. The van der Waals surface area contributed by atoms with Crippen molar-refractivity contribution in [3.05, 3.63) is 34.1 Å². The number of hydrogen-bond acceptors (Lipinski definition) is 3. The summed E-state index contributed by atoms with van der Waals surface area (Å²) in [5.74, 6) is -1.48. The third kappa shape index (κ3) is 4.28. The molecule has 0 aliphatic rings. The standard InChI is InChI=1S/C14H18BrFO3/c1-3-4-5-11(14(18)19-2)13(17)10-7-6-9(16)8-12(10)15/h6-8,11,13,17H,3-5H2,1-2H3. The number of aliphatic hydroxyl groups excluding tert-OH is 1. The Morgan fingerprint density at radius 3 is 2.74 bits per heavy atom. The average Bonchev–Trinajstić information content (AvgIpc) is 2.38. The van der Waals surface area contributed by atoms with Crippen molar-refractivity contribution in [3.8, 4) is 0 Å². The van der Waals surface area contributed by atoms with E-state index in [4.69, 9.17) is 4.74 Å². The Hall–Kier alpha value is -0.940. The van der Waals surface area contributed by atoms with E-state index in [0.717, 1.165) is 12.8 Å². The Labute approximate surface area is 120 Å². The number of hydrogen-bond donors (Lipinski definition) is 1.